The summed E-state index contributed by atoms with van der Waals surface area (Å²) in [6, 6.07) is 18.9. The van der Waals surface area contributed by atoms with Gasteiger partial charge in [0.25, 0.3) is 0 Å². The van der Waals surface area contributed by atoms with Crippen LogP contribution in [0.15, 0.2) is 72.8 Å². The predicted molar refractivity (Wildman–Crippen MR) is 114 cm³/mol. The number of esters is 1. The summed E-state index contributed by atoms with van der Waals surface area (Å²) in [5, 5.41) is 0.575. The molecule has 29 heavy (non-hydrogen) atoms. The quantitative estimate of drug-likeness (QED) is 0.225. The van der Waals surface area contributed by atoms with Crippen molar-refractivity contribution >= 4 is 29.4 Å². The number of benzene rings is 3. The molecule has 5 heteroatoms. The van der Waals surface area contributed by atoms with Crippen LogP contribution in [-0.2, 0) is 0 Å². The van der Waals surface area contributed by atoms with Crippen molar-refractivity contribution in [1.82, 2.24) is 0 Å². The molecular formula is C24H19ClO4. The van der Waals surface area contributed by atoms with Gasteiger partial charge in [-0.05, 0) is 67.1 Å². The van der Waals surface area contributed by atoms with E-state index in [-0.39, 0.29) is 5.78 Å². The average molecular weight is 407 g/mol. The number of ether oxygens (including phenoxy) is 2. The molecule has 0 atom stereocenters. The first-order valence-electron chi connectivity index (χ1n) is 8.91. The van der Waals surface area contributed by atoms with Crippen molar-refractivity contribution in [3.05, 3.63) is 100 Å². The van der Waals surface area contributed by atoms with E-state index in [9.17, 15) is 9.59 Å². The fourth-order valence-electron chi connectivity index (χ4n) is 2.60. The number of aryl methyl sites for hydroxylation is 1. The topological polar surface area (TPSA) is 52.6 Å². The van der Waals surface area contributed by atoms with Gasteiger partial charge in [-0.2, -0.15) is 0 Å². The number of hydrogen-bond donors (Lipinski definition) is 0. The lowest BCUT2D eigenvalue weighted by Crippen LogP contribution is -2.09. The zero-order valence-electron chi connectivity index (χ0n) is 16.0. The smallest absolute Gasteiger partial charge is 0.343 e. The van der Waals surface area contributed by atoms with Gasteiger partial charge in [0.1, 0.15) is 0 Å². The number of ketones is 1. The Morgan fingerprint density at radius 2 is 1.52 bits per heavy atom. The molecule has 0 saturated heterocycles. The van der Waals surface area contributed by atoms with Crippen molar-refractivity contribution in [3.8, 4) is 11.5 Å². The van der Waals surface area contributed by atoms with Gasteiger partial charge in [0, 0.05) is 10.6 Å². The van der Waals surface area contributed by atoms with Crippen LogP contribution in [0.4, 0.5) is 0 Å². The summed E-state index contributed by atoms with van der Waals surface area (Å²) in [7, 11) is 1.49. The summed E-state index contributed by atoms with van der Waals surface area (Å²) in [5.74, 6) is 0.0887. The van der Waals surface area contributed by atoms with Gasteiger partial charge in [-0.15, -0.1) is 0 Å². The highest BCUT2D eigenvalue weighted by Gasteiger charge is 2.12. The largest absolute Gasteiger partial charge is 0.493 e. The second kappa shape index (κ2) is 9.22. The SMILES string of the molecule is COc1cc(/C=C/C(=O)c2ccc(Cl)cc2)ccc1OC(=O)c1ccc(C)cc1. The zero-order valence-corrected chi connectivity index (χ0v) is 16.8. The molecule has 0 heterocycles. The van der Waals surface area contributed by atoms with Crippen molar-refractivity contribution in [2.24, 2.45) is 0 Å². The average Bonchev–Trinajstić information content (AvgIpc) is 2.73. The van der Waals surface area contributed by atoms with E-state index in [1.54, 1.807) is 60.7 Å². The summed E-state index contributed by atoms with van der Waals surface area (Å²) in [6.45, 7) is 1.95. The van der Waals surface area contributed by atoms with Gasteiger partial charge in [-0.1, -0.05) is 41.4 Å². The zero-order chi connectivity index (χ0) is 20.8. The molecule has 3 aromatic rings. The summed E-state index contributed by atoms with van der Waals surface area (Å²) in [4.78, 5) is 24.6. The van der Waals surface area contributed by atoms with Crippen LogP contribution in [0.25, 0.3) is 6.08 Å². The predicted octanol–water partition coefficient (Wildman–Crippen LogP) is 5.77. The van der Waals surface area contributed by atoms with Crippen molar-refractivity contribution in [3.63, 3.8) is 0 Å². The molecule has 0 radical (unpaired) electrons. The van der Waals surface area contributed by atoms with E-state index in [1.807, 2.05) is 19.1 Å². The monoisotopic (exact) mass is 406 g/mol. The molecule has 0 aromatic heterocycles. The van der Waals surface area contributed by atoms with E-state index in [0.29, 0.717) is 27.6 Å². The van der Waals surface area contributed by atoms with Gasteiger partial charge >= 0.3 is 5.97 Å². The molecule has 0 spiro atoms. The molecule has 0 aliphatic carbocycles. The Kier molecular flexibility index (Phi) is 6.47. The molecule has 0 saturated carbocycles. The molecule has 4 nitrogen and oxygen atoms in total. The van der Waals surface area contributed by atoms with Crippen LogP contribution < -0.4 is 9.47 Å². The van der Waals surface area contributed by atoms with Gasteiger partial charge in [-0.25, -0.2) is 4.79 Å². The number of carbonyl (C=O) groups is 2. The van der Waals surface area contributed by atoms with Crippen LogP contribution in [0.2, 0.25) is 5.02 Å². The van der Waals surface area contributed by atoms with Gasteiger partial charge in [0.05, 0.1) is 12.7 Å². The summed E-state index contributed by atoms with van der Waals surface area (Å²) >= 11 is 5.84. The van der Waals surface area contributed by atoms with E-state index < -0.39 is 5.97 Å². The third kappa shape index (κ3) is 5.33. The van der Waals surface area contributed by atoms with Crippen molar-refractivity contribution in [1.29, 1.82) is 0 Å². The number of hydrogen-bond acceptors (Lipinski definition) is 4. The van der Waals surface area contributed by atoms with Crippen LogP contribution in [0.5, 0.6) is 11.5 Å². The summed E-state index contributed by atoms with van der Waals surface area (Å²) in [6.07, 6.45) is 3.14. The third-order valence-electron chi connectivity index (χ3n) is 4.23. The van der Waals surface area contributed by atoms with Crippen molar-refractivity contribution in [2.45, 2.75) is 6.92 Å². The summed E-state index contributed by atoms with van der Waals surface area (Å²) < 4.78 is 10.8. The molecule has 146 valence electrons. The van der Waals surface area contributed by atoms with Gasteiger partial charge in [0.15, 0.2) is 17.3 Å². The second-order valence-corrected chi connectivity index (χ2v) is 6.81. The van der Waals surface area contributed by atoms with Crippen molar-refractivity contribution in [2.75, 3.05) is 7.11 Å². The lowest BCUT2D eigenvalue weighted by molar-refractivity contribution is 0.0729. The molecular weight excluding hydrogens is 388 g/mol. The highest BCUT2D eigenvalue weighted by atomic mass is 35.5. The number of methoxy groups -OCH3 is 1. The second-order valence-electron chi connectivity index (χ2n) is 6.37. The number of rotatable bonds is 6. The molecule has 0 aliphatic rings. The van der Waals surface area contributed by atoms with Gasteiger partial charge < -0.3 is 9.47 Å². The minimum Gasteiger partial charge on any atom is -0.493 e. The van der Waals surface area contributed by atoms with E-state index in [0.717, 1.165) is 11.1 Å². The van der Waals surface area contributed by atoms with Crippen LogP contribution in [0.3, 0.4) is 0 Å². The Balaban J connectivity index is 1.74. The Labute approximate surface area is 174 Å². The number of allylic oxidation sites excluding steroid dienone is 1. The lowest BCUT2D eigenvalue weighted by atomic mass is 10.1. The van der Waals surface area contributed by atoms with E-state index >= 15 is 0 Å². The fraction of sp³-hybridized carbons (Fsp3) is 0.0833. The third-order valence-corrected chi connectivity index (χ3v) is 4.49. The van der Waals surface area contributed by atoms with Crippen molar-refractivity contribution < 1.29 is 19.1 Å². The first-order chi connectivity index (χ1) is 14.0. The van der Waals surface area contributed by atoms with Gasteiger partial charge in [-0.3, -0.25) is 4.79 Å². The Morgan fingerprint density at radius 3 is 2.17 bits per heavy atom. The Hall–Kier alpha value is -3.37. The maximum atomic E-state index is 12.3. The lowest BCUT2D eigenvalue weighted by Gasteiger charge is -2.10. The number of carbonyl (C=O) groups excluding carboxylic acids is 2. The molecule has 0 unspecified atom stereocenters. The molecule has 0 bridgehead atoms. The van der Waals surface area contributed by atoms with E-state index in [4.69, 9.17) is 21.1 Å². The normalized spacial score (nSPS) is 10.7. The maximum Gasteiger partial charge on any atom is 0.343 e. The standard InChI is InChI=1S/C24H19ClO4/c1-16-3-7-19(8-4-16)24(27)29-22-14-6-17(15-23(22)28-2)5-13-21(26)18-9-11-20(25)12-10-18/h3-15H,1-2H3/b13-5+. The molecule has 3 aromatic carbocycles. The molecule has 0 N–H and O–H groups in total. The number of halogens is 1. The van der Waals surface area contributed by atoms with E-state index in [2.05, 4.69) is 0 Å². The minimum atomic E-state index is -0.468. The van der Waals surface area contributed by atoms with Crippen LogP contribution in [0, 0.1) is 6.92 Å². The first-order valence-corrected chi connectivity index (χ1v) is 9.29. The minimum absolute atomic E-state index is 0.143. The Morgan fingerprint density at radius 1 is 0.862 bits per heavy atom. The van der Waals surface area contributed by atoms with E-state index in [1.165, 1.54) is 13.2 Å². The molecule has 0 aliphatic heterocycles. The maximum absolute atomic E-state index is 12.3. The fourth-order valence-corrected chi connectivity index (χ4v) is 2.73. The van der Waals surface area contributed by atoms with Gasteiger partial charge in [0.2, 0.25) is 0 Å². The van der Waals surface area contributed by atoms with Crippen LogP contribution >= 0.6 is 11.6 Å². The highest BCUT2D eigenvalue weighted by Crippen LogP contribution is 2.29. The van der Waals surface area contributed by atoms with Crippen LogP contribution in [-0.4, -0.2) is 18.9 Å². The highest BCUT2D eigenvalue weighted by molar-refractivity contribution is 6.30. The first kappa shape index (κ1) is 20.4. The molecule has 0 amide bonds. The summed E-state index contributed by atoms with van der Waals surface area (Å²) in [5.41, 5.74) is 2.79. The molecule has 3 rings (SSSR count). The molecule has 0 fully saturated rings. The van der Waals surface area contributed by atoms with Crippen LogP contribution in [0.1, 0.15) is 31.8 Å². The Bertz CT molecular complexity index is 1050.